The summed E-state index contributed by atoms with van der Waals surface area (Å²) in [6.45, 7) is 4.59. The second-order valence-electron chi connectivity index (χ2n) is 5.17. The van der Waals surface area contributed by atoms with Gasteiger partial charge in [0.25, 0.3) is 5.91 Å². The quantitative estimate of drug-likeness (QED) is 0.767. The zero-order chi connectivity index (χ0) is 15.1. The van der Waals surface area contributed by atoms with Crippen molar-refractivity contribution in [3.05, 3.63) is 23.5 Å². The van der Waals surface area contributed by atoms with E-state index >= 15 is 0 Å². The molecule has 0 bridgehead atoms. The number of nitrogens with one attached hydrogen (secondary N) is 1. The van der Waals surface area contributed by atoms with Gasteiger partial charge in [0.2, 0.25) is 0 Å². The van der Waals surface area contributed by atoms with Crippen LogP contribution in [0.2, 0.25) is 0 Å². The van der Waals surface area contributed by atoms with Crippen LogP contribution < -0.4 is 5.32 Å². The van der Waals surface area contributed by atoms with Crippen molar-refractivity contribution in [3.63, 3.8) is 0 Å². The molecule has 0 radical (unpaired) electrons. The van der Waals surface area contributed by atoms with E-state index in [1.807, 2.05) is 30.7 Å². The van der Waals surface area contributed by atoms with Gasteiger partial charge in [0.15, 0.2) is 0 Å². The molecular weight excluding hydrogens is 256 g/mol. The van der Waals surface area contributed by atoms with Gasteiger partial charge in [0, 0.05) is 25.7 Å². The highest BCUT2D eigenvalue weighted by molar-refractivity contribution is 5.92. The number of carboxylic acid groups (broad SMARTS) is 1. The molecule has 1 aromatic rings. The zero-order valence-corrected chi connectivity index (χ0v) is 12.5. The van der Waals surface area contributed by atoms with Crippen LogP contribution in [-0.4, -0.2) is 28.1 Å². The predicted molar refractivity (Wildman–Crippen MR) is 77.8 cm³/mol. The summed E-state index contributed by atoms with van der Waals surface area (Å²) in [7, 11) is 1.87. The number of aryl methyl sites for hydroxylation is 1. The summed E-state index contributed by atoms with van der Waals surface area (Å²) in [5.74, 6) is -0.484. The molecule has 5 heteroatoms. The highest BCUT2D eigenvalue weighted by atomic mass is 16.4. The second kappa shape index (κ2) is 7.72. The van der Waals surface area contributed by atoms with Crippen molar-refractivity contribution >= 4 is 11.9 Å². The standard InChI is InChI=1S/C15H24N2O3/c1-4-12(6-8-14(18)19)9-10-16-15(20)13-7-5-11(2)17(13)3/h5,7,12H,4,6,8-10H2,1-3H3,(H,16,20)(H,18,19). The summed E-state index contributed by atoms with van der Waals surface area (Å²) in [5, 5.41) is 11.6. The SMILES string of the molecule is CCC(CCNC(=O)c1ccc(C)n1C)CCC(=O)O. The fourth-order valence-electron chi connectivity index (χ4n) is 2.20. The lowest BCUT2D eigenvalue weighted by Crippen LogP contribution is -2.27. The minimum absolute atomic E-state index is 0.0753. The van der Waals surface area contributed by atoms with E-state index in [9.17, 15) is 9.59 Å². The van der Waals surface area contributed by atoms with Crippen LogP contribution in [-0.2, 0) is 11.8 Å². The topological polar surface area (TPSA) is 71.3 Å². The number of aliphatic carboxylic acids is 1. The fourth-order valence-corrected chi connectivity index (χ4v) is 2.20. The summed E-state index contributed by atoms with van der Waals surface area (Å²) >= 11 is 0. The molecule has 1 heterocycles. The van der Waals surface area contributed by atoms with Gasteiger partial charge < -0.3 is 15.0 Å². The summed E-state index contributed by atoms with van der Waals surface area (Å²) in [5.41, 5.74) is 1.70. The van der Waals surface area contributed by atoms with Crippen LogP contribution in [0.5, 0.6) is 0 Å². The molecule has 1 rings (SSSR count). The molecule has 20 heavy (non-hydrogen) atoms. The average Bonchev–Trinajstić information content (AvgIpc) is 2.73. The van der Waals surface area contributed by atoms with Crippen molar-refractivity contribution in [3.8, 4) is 0 Å². The van der Waals surface area contributed by atoms with Crippen molar-refractivity contribution in [1.29, 1.82) is 0 Å². The molecule has 0 spiro atoms. The number of carboxylic acids is 1. The van der Waals surface area contributed by atoms with E-state index < -0.39 is 5.97 Å². The first-order chi connectivity index (χ1) is 9.45. The first-order valence-electron chi connectivity index (χ1n) is 7.08. The van der Waals surface area contributed by atoms with Crippen molar-refractivity contribution in [2.24, 2.45) is 13.0 Å². The van der Waals surface area contributed by atoms with Crippen LogP contribution in [0.25, 0.3) is 0 Å². The Morgan fingerprint density at radius 2 is 2.05 bits per heavy atom. The van der Waals surface area contributed by atoms with E-state index in [2.05, 4.69) is 12.2 Å². The maximum Gasteiger partial charge on any atom is 0.303 e. The van der Waals surface area contributed by atoms with E-state index in [0.717, 1.165) is 18.5 Å². The number of carbonyl (C=O) groups excluding carboxylic acids is 1. The van der Waals surface area contributed by atoms with E-state index in [0.29, 0.717) is 24.6 Å². The van der Waals surface area contributed by atoms with Crippen LogP contribution in [0.3, 0.4) is 0 Å². The molecule has 0 saturated heterocycles. The summed E-state index contributed by atoms with van der Waals surface area (Å²) < 4.78 is 1.86. The van der Waals surface area contributed by atoms with E-state index in [4.69, 9.17) is 5.11 Å². The van der Waals surface area contributed by atoms with Crippen LogP contribution in [0, 0.1) is 12.8 Å². The van der Waals surface area contributed by atoms with Gasteiger partial charge >= 0.3 is 5.97 Å². The number of aromatic nitrogens is 1. The van der Waals surface area contributed by atoms with Crippen LogP contribution >= 0.6 is 0 Å². The minimum atomic E-state index is -0.758. The van der Waals surface area contributed by atoms with Crippen molar-refractivity contribution in [2.45, 2.75) is 39.5 Å². The number of hydrogen-bond acceptors (Lipinski definition) is 2. The molecule has 1 amide bonds. The van der Waals surface area contributed by atoms with Crippen molar-refractivity contribution < 1.29 is 14.7 Å². The van der Waals surface area contributed by atoms with Crippen LogP contribution in [0.15, 0.2) is 12.1 Å². The number of rotatable bonds is 8. The Balaban J connectivity index is 2.37. The number of nitrogens with zero attached hydrogens (tertiary/aromatic N) is 1. The number of hydrogen-bond donors (Lipinski definition) is 2. The maximum absolute atomic E-state index is 12.0. The monoisotopic (exact) mass is 280 g/mol. The summed E-state index contributed by atoms with van der Waals surface area (Å²) in [6, 6.07) is 3.73. The Labute approximate surface area is 120 Å². The Morgan fingerprint density at radius 1 is 1.35 bits per heavy atom. The zero-order valence-electron chi connectivity index (χ0n) is 12.5. The molecule has 0 aliphatic heterocycles. The Kier molecular flexibility index (Phi) is 6.28. The molecule has 1 atom stereocenters. The minimum Gasteiger partial charge on any atom is -0.481 e. The summed E-state index contributed by atoms with van der Waals surface area (Å²) in [4.78, 5) is 22.5. The lowest BCUT2D eigenvalue weighted by atomic mass is 9.96. The Hall–Kier alpha value is -1.78. The molecule has 0 aliphatic carbocycles. The molecule has 5 nitrogen and oxygen atoms in total. The highest BCUT2D eigenvalue weighted by Crippen LogP contribution is 2.14. The van der Waals surface area contributed by atoms with Gasteiger partial charge in [-0.1, -0.05) is 13.3 Å². The lowest BCUT2D eigenvalue weighted by molar-refractivity contribution is -0.137. The fraction of sp³-hybridized carbons (Fsp3) is 0.600. The van der Waals surface area contributed by atoms with E-state index in [1.165, 1.54) is 0 Å². The first kappa shape index (κ1) is 16.3. The normalized spacial score (nSPS) is 12.2. The highest BCUT2D eigenvalue weighted by Gasteiger charge is 2.12. The second-order valence-corrected chi connectivity index (χ2v) is 5.17. The van der Waals surface area contributed by atoms with Gasteiger partial charge in [-0.15, -0.1) is 0 Å². The molecular formula is C15H24N2O3. The number of carbonyl (C=O) groups is 2. The Morgan fingerprint density at radius 3 is 2.55 bits per heavy atom. The molecule has 1 aromatic heterocycles. The van der Waals surface area contributed by atoms with Gasteiger partial charge in [-0.05, 0) is 37.8 Å². The third-order valence-electron chi connectivity index (χ3n) is 3.79. The average molecular weight is 280 g/mol. The predicted octanol–water partition coefficient (Wildman–Crippen LogP) is 2.34. The Bertz CT molecular complexity index is 466. The van der Waals surface area contributed by atoms with Crippen molar-refractivity contribution in [1.82, 2.24) is 9.88 Å². The molecule has 0 fully saturated rings. The van der Waals surface area contributed by atoms with Gasteiger partial charge in [0.1, 0.15) is 5.69 Å². The molecule has 0 aliphatic rings. The third-order valence-corrected chi connectivity index (χ3v) is 3.79. The lowest BCUT2D eigenvalue weighted by Gasteiger charge is -2.14. The van der Waals surface area contributed by atoms with Gasteiger partial charge in [-0.25, -0.2) is 0 Å². The first-order valence-corrected chi connectivity index (χ1v) is 7.08. The molecule has 0 aromatic carbocycles. The van der Waals surface area contributed by atoms with Crippen molar-refractivity contribution in [2.75, 3.05) is 6.54 Å². The largest absolute Gasteiger partial charge is 0.481 e. The molecule has 1 unspecified atom stereocenters. The van der Waals surface area contributed by atoms with E-state index in [1.54, 1.807) is 0 Å². The van der Waals surface area contributed by atoms with Gasteiger partial charge in [0.05, 0.1) is 0 Å². The summed E-state index contributed by atoms with van der Waals surface area (Å²) in [6.07, 6.45) is 2.62. The maximum atomic E-state index is 12.0. The molecule has 112 valence electrons. The van der Waals surface area contributed by atoms with Gasteiger partial charge in [-0.3, -0.25) is 9.59 Å². The van der Waals surface area contributed by atoms with Crippen LogP contribution in [0.4, 0.5) is 0 Å². The molecule has 0 saturated carbocycles. The molecule has 2 N–H and O–H groups in total. The third kappa shape index (κ3) is 4.72. The smallest absolute Gasteiger partial charge is 0.303 e. The number of amides is 1. The van der Waals surface area contributed by atoms with Gasteiger partial charge in [-0.2, -0.15) is 0 Å². The van der Waals surface area contributed by atoms with Crippen LogP contribution in [0.1, 0.15) is 48.8 Å². The van der Waals surface area contributed by atoms with E-state index in [-0.39, 0.29) is 12.3 Å².